The lowest BCUT2D eigenvalue weighted by Crippen LogP contribution is -2.00. The predicted octanol–water partition coefficient (Wildman–Crippen LogP) is 2.76. The fraction of sp³-hybridized carbons (Fsp3) is 0.267. The van der Waals surface area contributed by atoms with Gasteiger partial charge in [0.15, 0.2) is 5.82 Å². The smallest absolute Gasteiger partial charge is 0.229 e. The molecule has 0 saturated heterocycles. The topological polar surface area (TPSA) is 60.9 Å². The van der Waals surface area contributed by atoms with Crippen molar-refractivity contribution < 1.29 is 9.32 Å². The molecule has 0 amide bonds. The first-order valence-corrected chi connectivity index (χ1v) is 6.70. The Labute approximate surface area is 115 Å². The number of hydrogen-bond acceptors (Lipinski definition) is 4. The Morgan fingerprint density at radius 3 is 3.05 bits per heavy atom. The second-order valence-electron chi connectivity index (χ2n) is 5.20. The molecule has 0 unspecified atom stereocenters. The number of carbonyl (C=O) groups is 1. The first-order valence-electron chi connectivity index (χ1n) is 6.70. The Hall–Kier alpha value is -2.43. The predicted molar refractivity (Wildman–Crippen MR) is 72.7 cm³/mol. The van der Waals surface area contributed by atoms with Crippen LogP contribution in [-0.4, -0.2) is 21.0 Å². The van der Waals surface area contributed by atoms with Crippen molar-refractivity contribution in [1.82, 2.24) is 14.7 Å². The van der Waals surface area contributed by atoms with Gasteiger partial charge in [0.1, 0.15) is 6.29 Å². The maximum atomic E-state index is 10.9. The number of aldehydes is 1. The van der Waals surface area contributed by atoms with Crippen molar-refractivity contribution in [2.24, 2.45) is 0 Å². The molecule has 5 heteroatoms. The van der Waals surface area contributed by atoms with Gasteiger partial charge in [-0.25, -0.2) is 0 Å². The van der Waals surface area contributed by atoms with E-state index in [1.54, 1.807) is 0 Å². The summed E-state index contributed by atoms with van der Waals surface area (Å²) < 4.78 is 7.30. The molecule has 0 radical (unpaired) electrons. The lowest BCUT2D eigenvalue weighted by atomic mass is 10.2. The van der Waals surface area contributed by atoms with Crippen molar-refractivity contribution in [2.45, 2.75) is 25.3 Å². The number of aromatic nitrogens is 3. The third kappa shape index (κ3) is 1.91. The molecule has 3 aromatic rings. The minimum atomic E-state index is 0.472. The van der Waals surface area contributed by atoms with E-state index in [2.05, 4.69) is 10.1 Å². The molecule has 20 heavy (non-hydrogen) atoms. The number of benzene rings is 1. The summed E-state index contributed by atoms with van der Waals surface area (Å²) in [5.41, 5.74) is 1.68. The Morgan fingerprint density at radius 1 is 1.35 bits per heavy atom. The highest BCUT2D eigenvalue weighted by Gasteiger charge is 2.29. The highest BCUT2D eigenvalue weighted by Crippen LogP contribution is 2.38. The molecular formula is C15H13N3O2. The lowest BCUT2D eigenvalue weighted by Gasteiger charge is -2.02. The highest BCUT2D eigenvalue weighted by molar-refractivity contribution is 5.87. The van der Waals surface area contributed by atoms with E-state index in [9.17, 15) is 4.79 Å². The lowest BCUT2D eigenvalue weighted by molar-refractivity contribution is 0.112. The van der Waals surface area contributed by atoms with Crippen LogP contribution in [-0.2, 0) is 6.54 Å². The summed E-state index contributed by atoms with van der Waals surface area (Å²) in [6, 6.07) is 7.66. The van der Waals surface area contributed by atoms with E-state index in [4.69, 9.17) is 4.52 Å². The van der Waals surface area contributed by atoms with Crippen LogP contribution in [0.4, 0.5) is 0 Å². The molecule has 0 spiro atoms. The Bertz CT molecular complexity index is 783. The SMILES string of the molecule is O=Cc1ccc2ccn(Cc3noc(C4CC4)n3)c2c1. The van der Waals surface area contributed by atoms with E-state index in [1.165, 1.54) is 0 Å². The van der Waals surface area contributed by atoms with Crippen molar-refractivity contribution >= 4 is 17.2 Å². The van der Waals surface area contributed by atoms with Gasteiger partial charge in [-0.05, 0) is 30.4 Å². The normalized spacial score (nSPS) is 14.8. The maximum absolute atomic E-state index is 10.9. The standard InChI is InChI=1S/C15H13N3O2/c19-9-10-1-2-11-5-6-18(13(11)7-10)8-14-16-15(20-17-14)12-3-4-12/h1-2,5-7,9,12H,3-4,8H2. The molecular weight excluding hydrogens is 254 g/mol. The Balaban J connectivity index is 1.68. The van der Waals surface area contributed by atoms with E-state index in [1.807, 2.05) is 35.0 Å². The molecule has 4 rings (SSSR count). The van der Waals surface area contributed by atoms with Gasteiger partial charge in [0.25, 0.3) is 0 Å². The van der Waals surface area contributed by atoms with Crippen LogP contribution in [0.5, 0.6) is 0 Å². The zero-order valence-electron chi connectivity index (χ0n) is 10.8. The molecule has 1 fully saturated rings. The molecule has 1 saturated carbocycles. The maximum Gasteiger partial charge on any atom is 0.229 e. The fourth-order valence-corrected chi connectivity index (χ4v) is 2.39. The third-order valence-corrected chi connectivity index (χ3v) is 3.66. The third-order valence-electron chi connectivity index (χ3n) is 3.66. The summed E-state index contributed by atoms with van der Waals surface area (Å²) in [5.74, 6) is 1.91. The van der Waals surface area contributed by atoms with Crippen LogP contribution >= 0.6 is 0 Å². The minimum absolute atomic E-state index is 0.472. The van der Waals surface area contributed by atoms with E-state index in [-0.39, 0.29) is 0 Å². The monoisotopic (exact) mass is 267 g/mol. The average Bonchev–Trinajstić information content (AvgIpc) is 3.11. The first-order chi connectivity index (χ1) is 9.83. The molecule has 5 nitrogen and oxygen atoms in total. The summed E-state index contributed by atoms with van der Waals surface area (Å²) in [6.45, 7) is 0.558. The zero-order valence-corrected chi connectivity index (χ0v) is 10.8. The molecule has 2 heterocycles. The fourth-order valence-electron chi connectivity index (χ4n) is 2.39. The molecule has 1 aliphatic carbocycles. The van der Waals surface area contributed by atoms with Crippen LogP contribution in [0.25, 0.3) is 10.9 Å². The van der Waals surface area contributed by atoms with E-state index in [0.717, 1.165) is 35.9 Å². The van der Waals surface area contributed by atoms with Crippen molar-refractivity contribution in [3.8, 4) is 0 Å². The molecule has 1 aliphatic rings. The van der Waals surface area contributed by atoms with E-state index in [0.29, 0.717) is 23.9 Å². The summed E-state index contributed by atoms with van der Waals surface area (Å²) in [7, 11) is 0. The second kappa shape index (κ2) is 4.30. The van der Waals surface area contributed by atoms with Crippen molar-refractivity contribution in [2.75, 3.05) is 0 Å². The van der Waals surface area contributed by atoms with Crippen LogP contribution in [0.3, 0.4) is 0 Å². The molecule has 0 atom stereocenters. The van der Waals surface area contributed by atoms with Gasteiger partial charge in [0, 0.05) is 23.2 Å². The summed E-state index contributed by atoms with van der Waals surface area (Å²) in [5, 5.41) is 5.12. The Kier molecular flexibility index (Phi) is 2.45. The van der Waals surface area contributed by atoms with Gasteiger partial charge in [-0.2, -0.15) is 4.98 Å². The van der Waals surface area contributed by atoms with Crippen LogP contribution in [0.15, 0.2) is 35.0 Å². The number of fused-ring (bicyclic) bond motifs is 1. The largest absolute Gasteiger partial charge is 0.340 e. The van der Waals surface area contributed by atoms with Gasteiger partial charge >= 0.3 is 0 Å². The highest BCUT2D eigenvalue weighted by atomic mass is 16.5. The number of nitrogens with zero attached hydrogens (tertiary/aromatic N) is 3. The van der Waals surface area contributed by atoms with Crippen molar-refractivity contribution in [3.05, 3.63) is 47.7 Å². The van der Waals surface area contributed by atoms with Crippen molar-refractivity contribution in [1.29, 1.82) is 0 Å². The molecule has 0 aliphatic heterocycles. The number of carbonyl (C=O) groups excluding carboxylic acids is 1. The molecule has 2 aromatic heterocycles. The second-order valence-corrected chi connectivity index (χ2v) is 5.20. The summed E-state index contributed by atoms with van der Waals surface area (Å²) in [4.78, 5) is 15.3. The van der Waals surface area contributed by atoms with Gasteiger partial charge in [-0.3, -0.25) is 4.79 Å². The van der Waals surface area contributed by atoms with E-state index < -0.39 is 0 Å². The minimum Gasteiger partial charge on any atom is -0.340 e. The zero-order chi connectivity index (χ0) is 13.5. The van der Waals surface area contributed by atoms with Gasteiger partial charge in [0.2, 0.25) is 5.89 Å². The Morgan fingerprint density at radius 2 is 2.25 bits per heavy atom. The molecule has 0 bridgehead atoms. The average molecular weight is 267 g/mol. The van der Waals surface area contributed by atoms with Crippen LogP contribution in [0, 0.1) is 0 Å². The number of rotatable bonds is 4. The van der Waals surface area contributed by atoms with Crippen LogP contribution in [0.1, 0.15) is 40.8 Å². The number of hydrogen-bond donors (Lipinski definition) is 0. The van der Waals surface area contributed by atoms with Gasteiger partial charge in [-0.15, -0.1) is 0 Å². The molecule has 0 N–H and O–H groups in total. The summed E-state index contributed by atoms with van der Waals surface area (Å²) in [6.07, 6.45) is 5.14. The van der Waals surface area contributed by atoms with Gasteiger partial charge in [-0.1, -0.05) is 17.3 Å². The quantitative estimate of drug-likeness (QED) is 0.682. The van der Waals surface area contributed by atoms with Crippen molar-refractivity contribution in [3.63, 3.8) is 0 Å². The van der Waals surface area contributed by atoms with Gasteiger partial charge < -0.3 is 9.09 Å². The molecule has 1 aromatic carbocycles. The van der Waals surface area contributed by atoms with E-state index >= 15 is 0 Å². The van der Waals surface area contributed by atoms with Crippen LogP contribution < -0.4 is 0 Å². The molecule has 100 valence electrons. The first kappa shape index (κ1) is 11.4. The van der Waals surface area contributed by atoms with Gasteiger partial charge in [0.05, 0.1) is 6.54 Å². The van der Waals surface area contributed by atoms with Crippen LogP contribution in [0.2, 0.25) is 0 Å². The summed E-state index contributed by atoms with van der Waals surface area (Å²) >= 11 is 0.